The number of carbonyl (C=O) groups excluding carboxylic acids is 1. The number of carbonyl (C=O) groups is 1. The Bertz CT molecular complexity index is 1240. The molecular formula is C23H21Cl2FN2O5S. The fourth-order valence-electron chi connectivity index (χ4n) is 2.95. The second kappa shape index (κ2) is 11.5. The lowest BCUT2D eigenvalue weighted by molar-refractivity contribution is 0.153. The van der Waals surface area contributed by atoms with E-state index in [1.807, 2.05) is 0 Å². The Balaban J connectivity index is 1.77. The molecule has 0 aliphatic carbocycles. The standard InChI is InChI=1S/C23H21Cl2FN2O5S/c1-32-13-12-28(23(29)27-22-20(24)6-3-7-21(22)25)15-16-4-2-5-18(14-16)33-34(30,31)19-10-8-17(26)9-11-19/h2-11,14H,12-13,15H2,1H3,(H,27,29). The van der Waals surface area contributed by atoms with E-state index in [0.717, 1.165) is 24.3 Å². The maximum Gasteiger partial charge on any atom is 0.339 e. The highest BCUT2D eigenvalue weighted by atomic mass is 35.5. The maximum atomic E-state index is 13.1. The fraction of sp³-hybridized carbons (Fsp3) is 0.174. The van der Waals surface area contributed by atoms with Gasteiger partial charge in [-0.05, 0) is 54.1 Å². The van der Waals surface area contributed by atoms with Crippen LogP contribution in [0.1, 0.15) is 5.56 Å². The van der Waals surface area contributed by atoms with Crippen molar-refractivity contribution in [2.75, 3.05) is 25.6 Å². The van der Waals surface area contributed by atoms with Crippen molar-refractivity contribution in [1.29, 1.82) is 0 Å². The molecule has 0 spiro atoms. The first-order valence-corrected chi connectivity index (χ1v) is 12.1. The van der Waals surface area contributed by atoms with Gasteiger partial charge < -0.3 is 19.1 Å². The zero-order chi connectivity index (χ0) is 24.7. The van der Waals surface area contributed by atoms with Gasteiger partial charge in [0.25, 0.3) is 0 Å². The highest BCUT2D eigenvalue weighted by molar-refractivity contribution is 7.87. The van der Waals surface area contributed by atoms with Gasteiger partial charge in [-0.2, -0.15) is 8.42 Å². The van der Waals surface area contributed by atoms with E-state index in [-0.39, 0.29) is 46.1 Å². The number of benzene rings is 3. The van der Waals surface area contributed by atoms with Gasteiger partial charge in [-0.1, -0.05) is 41.4 Å². The summed E-state index contributed by atoms with van der Waals surface area (Å²) in [7, 11) is -2.66. The number of ether oxygens (including phenoxy) is 1. The second-order valence-electron chi connectivity index (χ2n) is 7.08. The van der Waals surface area contributed by atoms with Crippen molar-refractivity contribution in [3.8, 4) is 5.75 Å². The normalized spacial score (nSPS) is 11.2. The molecule has 3 aromatic rings. The molecule has 0 unspecified atom stereocenters. The maximum absolute atomic E-state index is 13.1. The first-order valence-electron chi connectivity index (χ1n) is 9.97. The largest absolute Gasteiger partial charge is 0.383 e. The molecule has 180 valence electrons. The van der Waals surface area contributed by atoms with Crippen LogP contribution in [0, 0.1) is 5.82 Å². The lowest BCUT2D eigenvalue weighted by atomic mass is 10.2. The van der Waals surface area contributed by atoms with Crippen molar-refractivity contribution in [2.45, 2.75) is 11.4 Å². The molecule has 7 nitrogen and oxygen atoms in total. The number of halogens is 3. The number of anilines is 1. The summed E-state index contributed by atoms with van der Waals surface area (Å²) in [6.45, 7) is 0.618. The lowest BCUT2D eigenvalue weighted by Crippen LogP contribution is -2.37. The monoisotopic (exact) mass is 526 g/mol. The van der Waals surface area contributed by atoms with Crippen LogP contribution in [0.15, 0.2) is 71.6 Å². The minimum Gasteiger partial charge on any atom is -0.383 e. The third-order valence-electron chi connectivity index (χ3n) is 4.63. The Morgan fingerprint density at radius 3 is 2.32 bits per heavy atom. The smallest absolute Gasteiger partial charge is 0.339 e. The van der Waals surface area contributed by atoms with E-state index in [1.165, 1.54) is 24.1 Å². The van der Waals surface area contributed by atoms with E-state index >= 15 is 0 Å². The van der Waals surface area contributed by atoms with E-state index < -0.39 is 22.0 Å². The molecular weight excluding hydrogens is 506 g/mol. The Kier molecular flexibility index (Phi) is 8.73. The second-order valence-corrected chi connectivity index (χ2v) is 9.44. The van der Waals surface area contributed by atoms with Gasteiger partial charge in [-0.15, -0.1) is 0 Å². The molecule has 2 amide bonds. The first-order chi connectivity index (χ1) is 16.2. The van der Waals surface area contributed by atoms with Crippen LogP contribution in [0.2, 0.25) is 10.0 Å². The van der Waals surface area contributed by atoms with Gasteiger partial charge >= 0.3 is 16.1 Å². The Hall–Kier alpha value is -2.85. The van der Waals surface area contributed by atoms with Crippen LogP contribution in [0.3, 0.4) is 0 Å². The highest BCUT2D eigenvalue weighted by Crippen LogP contribution is 2.30. The fourth-order valence-corrected chi connectivity index (χ4v) is 4.36. The Morgan fingerprint density at radius 1 is 1.03 bits per heavy atom. The average molecular weight is 527 g/mol. The molecule has 3 rings (SSSR count). The van der Waals surface area contributed by atoms with E-state index in [2.05, 4.69) is 5.32 Å². The first kappa shape index (κ1) is 25.8. The average Bonchev–Trinajstić information content (AvgIpc) is 2.79. The van der Waals surface area contributed by atoms with Gasteiger partial charge in [0, 0.05) is 20.2 Å². The third kappa shape index (κ3) is 6.83. The molecule has 0 bridgehead atoms. The number of methoxy groups -OCH3 is 1. The van der Waals surface area contributed by atoms with Crippen molar-refractivity contribution < 1.29 is 26.5 Å². The molecule has 34 heavy (non-hydrogen) atoms. The van der Waals surface area contributed by atoms with Crippen molar-refractivity contribution in [1.82, 2.24) is 4.90 Å². The van der Waals surface area contributed by atoms with Gasteiger partial charge in [0.2, 0.25) is 0 Å². The number of rotatable bonds is 9. The van der Waals surface area contributed by atoms with E-state index in [4.69, 9.17) is 32.1 Å². The summed E-state index contributed by atoms with van der Waals surface area (Å²) < 4.78 is 48.4. The molecule has 0 radical (unpaired) electrons. The molecule has 0 heterocycles. The van der Waals surface area contributed by atoms with E-state index in [9.17, 15) is 17.6 Å². The van der Waals surface area contributed by atoms with Crippen molar-refractivity contribution in [2.24, 2.45) is 0 Å². The summed E-state index contributed by atoms with van der Waals surface area (Å²) in [5.74, 6) is -0.517. The van der Waals surface area contributed by atoms with Crippen LogP contribution in [0.25, 0.3) is 0 Å². The molecule has 0 aliphatic heterocycles. The number of hydrogen-bond donors (Lipinski definition) is 1. The van der Waals surface area contributed by atoms with Crippen LogP contribution >= 0.6 is 23.2 Å². The summed E-state index contributed by atoms with van der Waals surface area (Å²) in [6.07, 6.45) is 0. The quantitative estimate of drug-likeness (QED) is 0.368. The van der Waals surface area contributed by atoms with Gasteiger partial charge in [-0.3, -0.25) is 0 Å². The van der Waals surface area contributed by atoms with Crippen LogP contribution in [0.5, 0.6) is 5.75 Å². The summed E-state index contributed by atoms with van der Waals surface area (Å²) in [4.78, 5) is 14.2. The highest BCUT2D eigenvalue weighted by Gasteiger charge is 2.19. The van der Waals surface area contributed by atoms with Crippen molar-refractivity contribution >= 4 is 45.0 Å². The van der Waals surface area contributed by atoms with Gasteiger partial charge in [0.05, 0.1) is 22.3 Å². The van der Waals surface area contributed by atoms with Crippen LogP contribution < -0.4 is 9.50 Å². The van der Waals surface area contributed by atoms with Crippen molar-refractivity contribution in [3.63, 3.8) is 0 Å². The molecule has 0 atom stereocenters. The van der Waals surface area contributed by atoms with Crippen molar-refractivity contribution in [3.05, 3.63) is 88.2 Å². The van der Waals surface area contributed by atoms with Gasteiger partial charge in [0.1, 0.15) is 16.5 Å². The molecule has 0 saturated carbocycles. The molecule has 0 fully saturated rings. The number of para-hydroxylation sites is 1. The number of amides is 2. The number of nitrogens with one attached hydrogen (secondary N) is 1. The molecule has 1 N–H and O–H groups in total. The van der Waals surface area contributed by atoms with Crippen LogP contribution in [-0.4, -0.2) is 39.6 Å². The summed E-state index contributed by atoms with van der Waals surface area (Å²) in [6, 6.07) is 15.0. The number of urea groups is 1. The Labute approximate surface area is 207 Å². The van der Waals surface area contributed by atoms with Crippen LogP contribution in [-0.2, 0) is 21.4 Å². The third-order valence-corrected chi connectivity index (χ3v) is 6.52. The van der Waals surface area contributed by atoms with Gasteiger partial charge in [0.15, 0.2) is 0 Å². The Morgan fingerprint density at radius 2 is 1.68 bits per heavy atom. The topological polar surface area (TPSA) is 84.9 Å². The lowest BCUT2D eigenvalue weighted by Gasteiger charge is -2.24. The zero-order valence-corrected chi connectivity index (χ0v) is 20.3. The summed E-state index contributed by atoms with van der Waals surface area (Å²) >= 11 is 12.3. The van der Waals surface area contributed by atoms with E-state index in [1.54, 1.807) is 30.3 Å². The van der Waals surface area contributed by atoms with E-state index in [0.29, 0.717) is 5.56 Å². The minimum atomic E-state index is -4.16. The molecule has 3 aromatic carbocycles. The molecule has 0 aromatic heterocycles. The van der Waals surface area contributed by atoms with Gasteiger partial charge in [-0.25, -0.2) is 9.18 Å². The predicted octanol–water partition coefficient (Wildman–Crippen LogP) is 5.58. The molecule has 11 heteroatoms. The number of nitrogens with zero attached hydrogens (tertiary/aromatic N) is 1. The SMILES string of the molecule is COCCN(Cc1cccc(OS(=O)(=O)c2ccc(F)cc2)c1)C(=O)Nc1c(Cl)cccc1Cl. The summed E-state index contributed by atoms with van der Waals surface area (Å²) in [5, 5.41) is 3.27. The predicted molar refractivity (Wildman–Crippen MR) is 128 cm³/mol. The number of hydrogen-bond acceptors (Lipinski definition) is 5. The van der Waals surface area contributed by atoms with Crippen LogP contribution in [0.4, 0.5) is 14.9 Å². The molecule has 0 saturated heterocycles. The zero-order valence-electron chi connectivity index (χ0n) is 18.0. The molecule has 0 aliphatic rings. The summed E-state index contributed by atoms with van der Waals surface area (Å²) in [5.41, 5.74) is 0.879. The minimum absolute atomic E-state index is 0.0445.